The Kier molecular flexibility index (Phi) is 2.32. The first-order chi connectivity index (χ1) is 6.77. The minimum absolute atomic E-state index is 0.0255. The number of nitrogens with one attached hydrogen (secondary N) is 1. The van der Waals surface area contributed by atoms with Gasteiger partial charge in [0.1, 0.15) is 12.7 Å². The molecule has 2 rings (SSSR count). The van der Waals surface area contributed by atoms with E-state index in [9.17, 15) is 4.79 Å². The zero-order valence-corrected chi connectivity index (χ0v) is 7.46. The van der Waals surface area contributed by atoms with E-state index < -0.39 is 6.03 Å². The second-order valence-electron chi connectivity index (χ2n) is 3.13. The molecule has 76 valence electrons. The second kappa shape index (κ2) is 3.62. The molecule has 3 N–H and O–H groups in total. The van der Waals surface area contributed by atoms with Crippen LogP contribution in [0.1, 0.15) is 6.04 Å². The topological polar surface area (TPSA) is 95.1 Å². The van der Waals surface area contributed by atoms with E-state index in [0.717, 1.165) is 0 Å². The largest absolute Gasteiger partial charge is 0.377 e. The third-order valence-electron chi connectivity index (χ3n) is 2.20. The molecule has 0 unspecified atom stereocenters. The highest BCUT2D eigenvalue weighted by atomic mass is 16.5. The maximum atomic E-state index is 10.7. The number of carbonyl (C=O) groups excluding carboxylic acids is 1. The van der Waals surface area contributed by atoms with E-state index in [1.165, 1.54) is 0 Å². The number of carbonyl (C=O) groups is 1. The SMILES string of the molecule is NC(=O)N[C@@H]1COC[C@@H]1n1cnnc1. The van der Waals surface area contributed by atoms with Gasteiger partial charge >= 0.3 is 6.03 Å². The van der Waals surface area contributed by atoms with E-state index >= 15 is 0 Å². The highest BCUT2D eigenvalue weighted by molar-refractivity contribution is 5.72. The number of nitrogens with two attached hydrogens (primary N) is 1. The maximum absolute atomic E-state index is 10.7. The lowest BCUT2D eigenvalue weighted by Crippen LogP contribution is -2.43. The Balaban J connectivity index is 2.07. The summed E-state index contributed by atoms with van der Waals surface area (Å²) >= 11 is 0. The van der Waals surface area contributed by atoms with Gasteiger partial charge in [-0.2, -0.15) is 0 Å². The molecular formula is C7H11N5O2. The molecule has 2 amide bonds. The Morgan fingerprint density at radius 2 is 2.21 bits per heavy atom. The molecule has 1 aromatic rings. The van der Waals surface area contributed by atoms with Crippen LogP contribution in [0.15, 0.2) is 12.7 Å². The van der Waals surface area contributed by atoms with Crippen molar-refractivity contribution in [3.63, 3.8) is 0 Å². The minimum atomic E-state index is -0.543. The van der Waals surface area contributed by atoms with E-state index in [2.05, 4.69) is 15.5 Å². The van der Waals surface area contributed by atoms with Crippen LogP contribution in [-0.2, 0) is 4.74 Å². The van der Waals surface area contributed by atoms with Gasteiger partial charge in [-0.1, -0.05) is 0 Å². The predicted octanol–water partition coefficient (Wildman–Crippen LogP) is -1.11. The van der Waals surface area contributed by atoms with Crippen molar-refractivity contribution in [2.45, 2.75) is 12.1 Å². The van der Waals surface area contributed by atoms with Gasteiger partial charge in [0.15, 0.2) is 0 Å². The van der Waals surface area contributed by atoms with Crippen molar-refractivity contribution < 1.29 is 9.53 Å². The number of nitrogens with zero attached hydrogens (tertiary/aromatic N) is 3. The Morgan fingerprint density at radius 1 is 1.50 bits per heavy atom. The fraction of sp³-hybridized carbons (Fsp3) is 0.571. The van der Waals surface area contributed by atoms with E-state index in [1.54, 1.807) is 17.2 Å². The van der Waals surface area contributed by atoms with Gasteiger partial charge in [-0.25, -0.2) is 4.79 Å². The van der Waals surface area contributed by atoms with Gasteiger partial charge in [-0.15, -0.1) is 10.2 Å². The number of primary amides is 1. The van der Waals surface area contributed by atoms with Gasteiger partial charge in [0, 0.05) is 0 Å². The molecule has 0 aliphatic carbocycles. The van der Waals surface area contributed by atoms with Crippen molar-refractivity contribution in [2.75, 3.05) is 13.2 Å². The van der Waals surface area contributed by atoms with Crippen LogP contribution < -0.4 is 11.1 Å². The summed E-state index contributed by atoms with van der Waals surface area (Å²) in [5, 5.41) is 10.0. The van der Waals surface area contributed by atoms with Gasteiger partial charge in [0.2, 0.25) is 0 Å². The average Bonchev–Trinajstić information content (AvgIpc) is 2.70. The molecule has 7 heteroatoms. The monoisotopic (exact) mass is 197 g/mol. The first-order valence-corrected chi connectivity index (χ1v) is 4.25. The number of hydrogen-bond acceptors (Lipinski definition) is 4. The molecule has 0 saturated carbocycles. The summed E-state index contributed by atoms with van der Waals surface area (Å²) < 4.78 is 7.05. The second-order valence-corrected chi connectivity index (χ2v) is 3.13. The highest BCUT2D eigenvalue weighted by Crippen LogP contribution is 2.18. The van der Waals surface area contributed by atoms with Crippen molar-refractivity contribution in [1.82, 2.24) is 20.1 Å². The summed E-state index contributed by atoms with van der Waals surface area (Å²) in [5.74, 6) is 0. The lowest BCUT2D eigenvalue weighted by molar-refractivity contribution is 0.182. The first-order valence-electron chi connectivity index (χ1n) is 4.25. The van der Waals surface area contributed by atoms with Crippen molar-refractivity contribution in [3.8, 4) is 0 Å². The fourth-order valence-corrected chi connectivity index (χ4v) is 1.54. The number of amides is 2. The molecule has 7 nitrogen and oxygen atoms in total. The van der Waals surface area contributed by atoms with Gasteiger partial charge < -0.3 is 20.4 Å². The quantitative estimate of drug-likeness (QED) is 0.628. The van der Waals surface area contributed by atoms with Gasteiger partial charge in [0.25, 0.3) is 0 Å². The standard InChI is InChI=1S/C7H11N5O2/c8-7(13)11-5-1-14-2-6(5)12-3-9-10-4-12/h3-6H,1-2H2,(H3,8,11,13)/t5-,6+/m1/s1. The first kappa shape index (κ1) is 8.95. The van der Waals surface area contributed by atoms with Crippen LogP contribution in [0.25, 0.3) is 0 Å². The van der Waals surface area contributed by atoms with Crippen molar-refractivity contribution in [2.24, 2.45) is 5.73 Å². The number of aromatic nitrogens is 3. The number of urea groups is 1. The Labute approximate surface area is 80.2 Å². The molecule has 1 aromatic heterocycles. The molecule has 0 radical (unpaired) electrons. The molecule has 0 aromatic carbocycles. The maximum Gasteiger partial charge on any atom is 0.312 e. The van der Waals surface area contributed by atoms with Gasteiger partial charge in [0.05, 0.1) is 25.3 Å². The number of rotatable bonds is 2. The molecule has 1 aliphatic rings. The molecule has 1 fully saturated rings. The molecule has 14 heavy (non-hydrogen) atoms. The Morgan fingerprint density at radius 3 is 2.86 bits per heavy atom. The van der Waals surface area contributed by atoms with Crippen molar-refractivity contribution in [1.29, 1.82) is 0 Å². The third kappa shape index (κ3) is 1.67. The van der Waals surface area contributed by atoms with Crippen molar-refractivity contribution in [3.05, 3.63) is 12.7 Å². The summed E-state index contributed by atoms with van der Waals surface area (Å²) in [6.07, 6.45) is 3.18. The Hall–Kier alpha value is -1.63. The molecule has 0 spiro atoms. The van der Waals surface area contributed by atoms with E-state index in [0.29, 0.717) is 13.2 Å². The molecular weight excluding hydrogens is 186 g/mol. The summed E-state index contributed by atoms with van der Waals surface area (Å²) in [5.41, 5.74) is 5.04. The summed E-state index contributed by atoms with van der Waals surface area (Å²) in [6.45, 7) is 0.995. The Bertz CT molecular complexity index is 312. The minimum Gasteiger partial charge on any atom is -0.377 e. The van der Waals surface area contributed by atoms with E-state index in [4.69, 9.17) is 10.5 Å². The van der Waals surface area contributed by atoms with Crippen LogP contribution in [0.5, 0.6) is 0 Å². The molecule has 2 heterocycles. The zero-order chi connectivity index (χ0) is 9.97. The molecule has 1 aliphatic heterocycles. The van der Waals surface area contributed by atoms with E-state index in [1.807, 2.05) is 0 Å². The molecule has 0 bridgehead atoms. The lowest BCUT2D eigenvalue weighted by atomic mass is 10.2. The average molecular weight is 197 g/mol. The van der Waals surface area contributed by atoms with Gasteiger partial charge in [-0.3, -0.25) is 0 Å². The zero-order valence-electron chi connectivity index (χ0n) is 7.46. The van der Waals surface area contributed by atoms with Crippen LogP contribution in [0.4, 0.5) is 4.79 Å². The third-order valence-corrected chi connectivity index (χ3v) is 2.20. The predicted molar refractivity (Wildman–Crippen MR) is 46.4 cm³/mol. The smallest absolute Gasteiger partial charge is 0.312 e. The highest BCUT2D eigenvalue weighted by Gasteiger charge is 2.30. The summed E-state index contributed by atoms with van der Waals surface area (Å²) in [7, 11) is 0. The van der Waals surface area contributed by atoms with E-state index in [-0.39, 0.29) is 12.1 Å². The van der Waals surface area contributed by atoms with Crippen LogP contribution in [0.2, 0.25) is 0 Å². The number of hydrogen-bond donors (Lipinski definition) is 2. The lowest BCUT2D eigenvalue weighted by Gasteiger charge is -2.18. The normalized spacial score (nSPS) is 26.3. The molecule has 2 atom stereocenters. The van der Waals surface area contributed by atoms with Crippen LogP contribution in [-0.4, -0.2) is 40.1 Å². The van der Waals surface area contributed by atoms with Crippen LogP contribution in [0, 0.1) is 0 Å². The fourth-order valence-electron chi connectivity index (χ4n) is 1.54. The van der Waals surface area contributed by atoms with Crippen LogP contribution >= 0.6 is 0 Å². The summed E-state index contributed by atoms with van der Waals surface area (Å²) in [4.78, 5) is 10.7. The molecule has 1 saturated heterocycles. The summed E-state index contributed by atoms with van der Waals surface area (Å²) in [6, 6.07) is -0.625. The van der Waals surface area contributed by atoms with Crippen LogP contribution in [0.3, 0.4) is 0 Å². The number of ether oxygens (including phenoxy) is 1. The van der Waals surface area contributed by atoms with Crippen molar-refractivity contribution >= 4 is 6.03 Å². The van der Waals surface area contributed by atoms with Gasteiger partial charge in [-0.05, 0) is 0 Å².